The van der Waals surface area contributed by atoms with E-state index in [0.29, 0.717) is 0 Å². The van der Waals surface area contributed by atoms with Crippen LogP contribution in [-0.4, -0.2) is 36.1 Å². The van der Waals surface area contributed by atoms with Crippen LogP contribution in [0.3, 0.4) is 0 Å². The van der Waals surface area contributed by atoms with E-state index in [9.17, 15) is 0 Å². The maximum atomic E-state index is 3.67. The minimum absolute atomic E-state index is 0.780. The largest absolute Gasteiger partial charge is 0.313 e. The third-order valence-electron chi connectivity index (χ3n) is 4.27. The van der Waals surface area contributed by atoms with Gasteiger partial charge in [0.2, 0.25) is 0 Å². The summed E-state index contributed by atoms with van der Waals surface area (Å²) < 4.78 is 0. The molecule has 2 fully saturated rings. The fraction of sp³-hybridized carbons (Fsp3) is 1.00. The van der Waals surface area contributed by atoms with E-state index in [4.69, 9.17) is 0 Å². The van der Waals surface area contributed by atoms with E-state index >= 15 is 0 Å². The summed E-state index contributed by atoms with van der Waals surface area (Å²) in [5, 5.41) is 3.67. The normalized spacial score (nSPS) is 37.6. The van der Waals surface area contributed by atoms with Crippen molar-refractivity contribution in [3.63, 3.8) is 0 Å². The van der Waals surface area contributed by atoms with Gasteiger partial charge in [-0.25, -0.2) is 0 Å². The first-order valence-corrected chi connectivity index (χ1v) is 6.86. The third kappa shape index (κ3) is 2.36. The minimum atomic E-state index is 0.780. The first-order chi connectivity index (χ1) is 7.36. The lowest BCUT2D eigenvalue weighted by Gasteiger charge is -2.34. The Morgan fingerprint density at radius 1 is 1.13 bits per heavy atom. The fourth-order valence-electron chi connectivity index (χ4n) is 3.57. The van der Waals surface area contributed by atoms with Gasteiger partial charge in [-0.2, -0.15) is 0 Å². The van der Waals surface area contributed by atoms with Gasteiger partial charge in [-0.1, -0.05) is 20.3 Å². The van der Waals surface area contributed by atoms with E-state index in [1.165, 1.54) is 45.1 Å². The van der Waals surface area contributed by atoms with Gasteiger partial charge >= 0.3 is 0 Å². The van der Waals surface area contributed by atoms with Crippen molar-refractivity contribution in [2.75, 3.05) is 13.1 Å². The van der Waals surface area contributed by atoms with Crippen molar-refractivity contribution in [1.82, 2.24) is 10.2 Å². The molecule has 3 unspecified atom stereocenters. The smallest absolute Gasteiger partial charge is 0.0252 e. The maximum absolute atomic E-state index is 3.67. The molecule has 1 saturated carbocycles. The highest BCUT2D eigenvalue weighted by atomic mass is 15.2. The second-order valence-corrected chi connectivity index (χ2v) is 5.10. The van der Waals surface area contributed by atoms with Crippen molar-refractivity contribution in [3.8, 4) is 0 Å². The molecule has 88 valence electrons. The SMILES string of the molecule is CCNC1CCCC1N1CCCC1CC. The van der Waals surface area contributed by atoms with Gasteiger partial charge in [0.15, 0.2) is 0 Å². The Morgan fingerprint density at radius 3 is 2.73 bits per heavy atom. The van der Waals surface area contributed by atoms with Gasteiger partial charge in [-0.05, 0) is 45.2 Å². The van der Waals surface area contributed by atoms with Crippen LogP contribution in [-0.2, 0) is 0 Å². The van der Waals surface area contributed by atoms with E-state index in [0.717, 1.165) is 24.7 Å². The number of rotatable bonds is 4. The average Bonchev–Trinajstić information content (AvgIpc) is 2.84. The van der Waals surface area contributed by atoms with Crippen molar-refractivity contribution < 1.29 is 0 Å². The Balaban J connectivity index is 1.95. The Kier molecular flexibility index (Phi) is 4.04. The number of nitrogens with zero attached hydrogens (tertiary/aromatic N) is 1. The van der Waals surface area contributed by atoms with Crippen molar-refractivity contribution in [2.45, 2.75) is 70.5 Å². The molecule has 1 heterocycles. The van der Waals surface area contributed by atoms with Crippen LogP contribution in [0.15, 0.2) is 0 Å². The predicted octanol–water partition coefficient (Wildman–Crippen LogP) is 2.39. The quantitative estimate of drug-likeness (QED) is 0.766. The summed E-state index contributed by atoms with van der Waals surface area (Å²) in [6.07, 6.45) is 8.45. The molecule has 1 aliphatic heterocycles. The van der Waals surface area contributed by atoms with Gasteiger partial charge in [0.1, 0.15) is 0 Å². The number of nitrogens with one attached hydrogen (secondary N) is 1. The van der Waals surface area contributed by atoms with Gasteiger partial charge < -0.3 is 5.32 Å². The molecule has 15 heavy (non-hydrogen) atoms. The zero-order valence-corrected chi connectivity index (χ0v) is 10.3. The number of likely N-dealkylation sites (tertiary alicyclic amines) is 1. The molecule has 0 bridgehead atoms. The molecule has 1 saturated heterocycles. The van der Waals surface area contributed by atoms with Gasteiger partial charge in [0, 0.05) is 18.1 Å². The summed E-state index contributed by atoms with van der Waals surface area (Å²) in [7, 11) is 0. The summed E-state index contributed by atoms with van der Waals surface area (Å²) in [4.78, 5) is 2.81. The molecular formula is C13H26N2. The van der Waals surface area contributed by atoms with Gasteiger partial charge in [-0.15, -0.1) is 0 Å². The van der Waals surface area contributed by atoms with E-state index in [1.807, 2.05) is 0 Å². The van der Waals surface area contributed by atoms with E-state index in [2.05, 4.69) is 24.1 Å². The lowest BCUT2D eigenvalue weighted by molar-refractivity contribution is 0.154. The predicted molar refractivity (Wildman–Crippen MR) is 65.1 cm³/mol. The Bertz CT molecular complexity index is 193. The lowest BCUT2D eigenvalue weighted by atomic mass is 10.1. The van der Waals surface area contributed by atoms with Crippen molar-refractivity contribution >= 4 is 0 Å². The summed E-state index contributed by atoms with van der Waals surface area (Å²) >= 11 is 0. The molecule has 0 amide bonds. The van der Waals surface area contributed by atoms with Crippen molar-refractivity contribution in [1.29, 1.82) is 0 Å². The van der Waals surface area contributed by atoms with Gasteiger partial charge in [0.25, 0.3) is 0 Å². The molecule has 3 atom stereocenters. The topological polar surface area (TPSA) is 15.3 Å². The van der Waals surface area contributed by atoms with Gasteiger partial charge in [-0.3, -0.25) is 4.90 Å². The highest BCUT2D eigenvalue weighted by Crippen LogP contribution is 2.31. The minimum Gasteiger partial charge on any atom is -0.313 e. The lowest BCUT2D eigenvalue weighted by Crippen LogP contribution is -2.48. The molecule has 0 aromatic carbocycles. The molecule has 0 radical (unpaired) electrons. The average molecular weight is 210 g/mol. The zero-order valence-electron chi connectivity index (χ0n) is 10.3. The third-order valence-corrected chi connectivity index (χ3v) is 4.27. The van der Waals surface area contributed by atoms with Crippen LogP contribution < -0.4 is 5.32 Å². The monoisotopic (exact) mass is 210 g/mol. The Hall–Kier alpha value is -0.0800. The molecule has 2 aliphatic rings. The summed E-state index contributed by atoms with van der Waals surface area (Å²) in [5.41, 5.74) is 0. The van der Waals surface area contributed by atoms with Crippen LogP contribution in [0.5, 0.6) is 0 Å². The van der Waals surface area contributed by atoms with Crippen LogP contribution in [0.4, 0.5) is 0 Å². The molecule has 2 nitrogen and oxygen atoms in total. The summed E-state index contributed by atoms with van der Waals surface area (Å²) in [5.74, 6) is 0. The van der Waals surface area contributed by atoms with E-state index < -0.39 is 0 Å². The molecule has 1 aliphatic carbocycles. The highest BCUT2D eigenvalue weighted by Gasteiger charge is 2.36. The molecule has 0 aromatic heterocycles. The van der Waals surface area contributed by atoms with Crippen LogP contribution in [0.2, 0.25) is 0 Å². The molecule has 2 rings (SSSR count). The van der Waals surface area contributed by atoms with E-state index in [1.54, 1.807) is 0 Å². The number of hydrogen-bond donors (Lipinski definition) is 1. The van der Waals surface area contributed by atoms with Gasteiger partial charge in [0.05, 0.1) is 0 Å². The molecule has 0 spiro atoms. The number of likely N-dealkylation sites (N-methyl/N-ethyl adjacent to an activating group) is 1. The standard InChI is InChI=1S/C13H26N2/c1-3-11-7-6-10-15(11)13-9-5-8-12(13)14-4-2/h11-14H,3-10H2,1-2H3. The highest BCUT2D eigenvalue weighted by molar-refractivity contribution is 4.94. The van der Waals surface area contributed by atoms with Crippen molar-refractivity contribution in [2.24, 2.45) is 0 Å². The summed E-state index contributed by atoms with van der Waals surface area (Å²) in [6.45, 7) is 7.06. The second kappa shape index (κ2) is 5.31. The Labute approximate surface area is 94.4 Å². The van der Waals surface area contributed by atoms with E-state index in [-0.39, 0.29) is 0 Å². The zero-order chi connectivity index (χ0) is 10.7. The first kappa shape index (κ1) is 11.4. The molecule has 0 aromatic rings. The first-order valence-electron chi connectivity index (χ1n) is 6.86. The van der Waals surface area contributed by atoms with Crippen LogP contribution in [0.1, 0.15) is 52.4 Å². The van der Waals surface area contributed by atoms with Crippen LogP contribution >= 0.6 is 0 Å². The molecule has 2 heteroatoms. The maximum Gasteiger partial charge on any atom is 0.0252 e. The van der Waals surface area contributed by atoms with Crippen LogP contribution in [0.25, 0.3) is 0 Å². The fourth-order valence-corrected chi connectivity index (χ4v) is 3.57. The Morgan fingerprint density at radius 2 is 2.00 bits per heavy atom. The molecule has 1 N–H and O–H groups in total. The van der Waals surface area contributed by atoms with Crippen LogP contribution in [0, 0.1) is 0 Å². The second-order valence-electron chi connectivity index (χ2n) is 5.10. The molecular weight excluding hydrogens is 184 g/mol. The van der Waals surface area contributed by atoms with Crippen molar-refractivity contribution in [3.05, 3.63) is 0 Å². The number of hydrogen-bond acceptors (Lipinski definition) is 2. The summed E-state index contributed by atoms with van der Waals surface area (Å²) in [6, 6.07) is 2.51.